The fourth-order valence-electron chi connectivity index (χ4n) is 5.90. The number of fused-ring (bicyclic) bond motifs is 1. The van der Waals surface area contributed by atoms with Gasteiger partial charge in [0.05, 0.1) is 18.2 Å². The van der Waals surface area contributed by atoms with Crippen molar-refractivity contribution in [2.75, 3.05) is 6.26 Å². The number of imidazole rings is 1. The lowest BCUT2D eigenvalue weighted by atomic mass is 9.76. The maximum absolute atomic E-state index is 14.3. The number of hydrogen-bond acceptors (Lipinski definition) is 6. The maximum Gasteiger partial charge on any atom is 0.255 e. The van der Waals surface area contributed by atoms with Crippen LogP contribution in [0.3, 0.4) is 0 Å². The van der Waals surface area contributed by atoms with Crippen LogP contribution in [0.25, 0.3) is 0 Å². The summed E-state index contributed by atoms with van der Waals surface area (Å²) in [6.07, 6.45) is 7.20. The number of hydroxylamine groups is 1. The van der Waals surface area contributed by atoms with E-state index in [0.717, 1.165) is 19.1 Å². The van der Waals surface area contributed by atoms with Crippen molar-refractivity contribution in [1.82, 2.24) is 24.7 Å². The summed E-state index contributed by atoms with van der Waals surface area (Å²) in [4.78, 5) is 39.7. The molecule has 1 saturated carbocycles. The van der Waals surface area contributed by atoms with Crippen LogP contribution in [0.5, 0.6) is 0 Å². The predicted octanol–water partition coefficient (Wildman–Crippen LogP) is 4.12. The molecule has 0 unspecified atom stereocenters. The molecule has 0 spiro atoms. The van der Waals surface area contributed by atoms with Gasteiger partial charge in [0.1, 0.15) is 12.4 Å². The normalized spacial score (nSPS) is 22.8. The Labute approximate surface area is 249 Å². The Morgan fingerprint density at radius 1 is 1.12 bits per heavy atom. The molecule has 0 bridgehead atoms. The van der Waals surface area contributed by atoms with Crippen molar-refractivity contribution in [3.05, 3.63) is 87.4 Å². The Kier molecular flexibility index (Phi) is 8.72. The van der Waals surface area contributed by atoms with Gasteiger partial charge in [0.15, 0.2) is 0 Å². The van der Waals surface area contributed by atoms with Crippen LogP contribution in [0.15, 0.2) is 54.9 Å². The van der Waals surface area contributed by atoms with Crippen LogP contribution >= 0.6 is 23.2 Å². The van der Waals surface area contributed by atoms with Gasteiger partial charge in [-0.25, -0.2) is 23.6 Å². The minimum absolute atomic E-state index is 0.0294. The van der Waals surface area contributed by atoms with Crippen LogP contribution < -0.4 is 10.2 Å². The zero-order chi connectivity index (χ0) is 29.3. The standard InChI is InChI=1S/C28H31Cl2N5O5S/c1-34-14-13-31-24(34)16-40-32-27(36)25-18-7-3-4-8-19(18)28(37)35(26(25)20-12-11-17(29)15-21(20)30)23-10-6-5-9-22(23)33-41(2,38)39/h3-4,7-8,11-15,22-23,25-26,33H,5-6,9-10,16H2,1-2H3,(H,32,36)/t22-,23-,25+,26-/m0/s1. The van der Waals surface area contributed by atoms with Crippen molar-refractivity contribution < 1.29 is 22.8 Å². The van der Waals surface area contributed by atoms with Gasteiger partial charge in [-0.3, -0.25) is 14.4 Å². The molecule has 13 heteroatoms. The van der Waals surface area contributed by atoms with Crippen LogP contribution in [0.2, 0.25) is 10.0 Å². The first-order valence-corrected chi connectivity index (χ1v) is 15.9. The molecule has 2 heterocycles. The zero-order valence-electron chi connectivity index (χ0n) is 22.6. The van der Waals surface area contributed by atoms with Gasteiger partial charge in [0.25, 0.3) is 11.8 Å². The van der Waals surface area contributed by atoms with E-state index in [-0.39, 0.29) is 17.5 Å². The molecule has 1 fully saturated rings. The number of rotatable bonds is 8. The van der Waals surface area contributed by atoms with E-state index in [2.05, 4.69) is 15.2 Å². The van der Waals surface area contributed by atoms with E-state index in [0.29, 0.717) is 40.4 Å². The number of carbonyl (C=O) groups excluding carboxylic acids is 2. The number of aryl methyl sites for hydroxylation is 1. The van der Waals surface area contributed by atoms with Gasteiger partial charge >= 0.3 is 0 Å². The molecular weight excluding hydrogens is 589 g/mol. The minimum Gasteiger partial charge on any atom is -0.336 e. The second kappa shape index (κ2) is 12.1. The Morgan fingerprint density at radius 2 is 1.88 bits per heavy atom. The number of sulfonamides is 1. The summed E-state index contributed by atoms with van der Waals surface area (Å²) < 4.78 is 29.2. The topological polar surface area (TPSA) is 123 Å². The van der Waals surface area contributed by atoms with Gasteiger partial charge in [-0.05, 0) is 42.2 Å². The van der Waals surface area contributed by atoms with Crippen LogP contribution in [-0.2, 0) is 33.3 Å². The van der Waals surface area contributed by atoms with Crippen molar-refractivity contribution >= 4 is 45.0 Å². The number of carbonyl (C=O) groups is 2. The quantitative estimate of drug-likeness (QED) is 0.366. The molecule has 4 atom stereocenters. The molecule has 2 aromatic carbocycles. The second-order valence-corrected chi connectivity index (χ2v) is 13.1. The molecule has 10 nitrogen and oxygen atoms in total. The largest absolute Gasteiger partial charge is 0.336 e. The molecule has 5 rings (SSSR count). The highest BCUT2D eigenvalue weighted by Gasteiger charge is 2.49. The third-order valence-electron chi connectivity index (χ3n) is 7.69. The molecule has 0 radical (unpaired) electrons. The Morgan fingerprint density at radius 3 is 2.59 bits per heavy atom. The van der Waals surface area contributed by atoms with E-state index in [4.69, 9.17) is 28.0 Å². The number of amides is 2. The molecule has 2 N–H and O–H groups in total. The number of benzene rings is 2. The minimum atomic E-state index is -3.57. The van der Waals surface area contributed by atoms with Gasteiger partial charge < -0.3 is 9.47 Å². The highest BCUT2D eigenvalue weighted by Crippen LogP contribution is 2.47. The van der Waals surface area contributed by atoms with E-state index in [1.165, 1.54) is 0 Å². The molecule has 2 amide bonds. The zero-order valence-corrected chi connectivity index (χ0v) is 24.9. The summed E-state index contributed by atoms with van der Waals surface area (Å²) >= 11 is 13.0. The van der Waals surface area contributed by atoms with Crippen molar-refractivity contribution in [1.29, 1.82) is 0 Å². The number of nitrogens with zero attached hydrogens (tertiary/aromatic N) is 3. The highest BCUT2D eigenvalue weighted by molar-refractivity contribution is 7.88. The Balaban J connectivity index is 1.61. The smallest absolute Gasteiger partial charge is 0.255 e. The fraction of sp³-hybridized carbons (Fsp3) is 0.393. The van der Waals surface area contributed by atoms with Crippen LogP contribution in [-0.4, -0.2) is 53.0 Å². The molecule has 1 aliphatic heterocycles. The average Bonchev–Trinajstić information content (AvgIpc) is 3.33. The maximum atomic E-state index is 14.3. The summed E-state index contributed by atoms with van der Waals surface area (Å²) in [5.74, 6) is -1.10. The summed E-state index contributed by atoms with van der Waals surface area (Å²) in [5, 5.41) is 0.691. The Hall–Kier alpha value is -2.96. The monoisotopic (exact) mass is 619 g/mol. The highest BCUT2D eigenvalue weighted by atomic mass is 35.5. The lowest BCUT2D eigenvalue weighted by molar-refractivity contribution is -0.138. The SMILES string of the molecule is Cn1ccnc1CONC(=O)[C@@H]1c2ccccc2C(=O)N([C@H]2CCCC[C@@H]2NS(C)(=O)=O)[C@H]1c1ccc(Cl)cc1Cl. The van der Waals surface area contributed by atoms with E-state index in [9.17, 15) is 18.0 Å². The first-order valence-electron chi connectivity index (χ1n) is 13.3. The van der Waals surface area contributed by atoms with Crippen LogP contribution in [0.1, 0.15) is 65.0 Å². The summed E-state index contributed by atoms with van der Waals surface area (Å²) in [7, 11) is -1.76. The summed E-state index contributed by atoms with van der Waals surface area (Å²) in [6.45, 7) is 0.0294. The molecule has 41 heavy (non-hydrogen) atoms. The predicted molar refractivity (Wildman–Crippen MR) is 155 cm³/mol. The van der Waals surface area contributed by atoms with Gasteiger partial charge in [-0.2, -0.15) is 0 Å². The lowest BCUT2D eigenvalue weighted by Gasteiger charge is -2.49. The van der Waals surface area contributed by atoms with Crippen molar-refractivity contribution in [3.8, 4) is 0 Å². The lowest BCUT2D eigenvalue weighted by Crippen LogP contribution is -2.59. The van der Waals surface area contributed by atoms with Crippen LogP contribution in [0.4, 0.5) is 0 Å². The third-order valence-corrected chi connectivity index (χ3v) is 8.98. The number of hydrogen-bond donors (Lipinski definition) is 2. The molecule has 1 aromatic heterocycles. The van der Waals surface area contributed by atoms with E-state index >= 15 is 0 Å². The molecule has 0 saturated heterocycles. The number of aromatic nitrogens is 2. The second-order valence-electron chi connectivity index (χ2n) is 10.4. The first kappa shape index (κ1) is 29.5. The van der Waals surface area contributed by atoms with Gasteiger partial charge in [0, 0.05) is 47.1 Å². The van der Waals surface area contributed by atoms with Crippen LogP contribution in [0, 0.1) is 0 Å². The van der Waals surface area contributed by atoms with Gasteiger partial charge in [0.2, 0.25) is 10.0 Å². The Bertz CT molecular complexity index is 1560. The van der Waals surface area contributed by atoms with Crippen molar-refractivity contribution in [3.63, 3.8) is 0 Å². The van der Waals surface area contributed by atoms with Gasteiger partial charge in [-0.15, -0.1) is 0 Å². The number of nitrogens with one attached hydrogen (secondary N) is 2. The van der Waals surface area contributed by atoms with Gasteiger partial charge in [-0.1, -0.05) is 60.3 Å². The first-order chi connectivity index (χ1) is 19.5. The molecular formula is C28H31Cl2N5O5S. The van der Waals surface area contributed by atoms with Crippen molar-refractivity contribution in [2.24, 2.45) is 7.05 Å². The molecule has 2 aliphatic rings. The summed E-state index contributed by atoms with van der Waals surface area (Å²) in [6, 6.07) is 9.94. The van der Waals surface area contributed by atoms with Crippen molar-refractivity contribution in [2.45, 2.75) is 56.3 Å². The average molecular weight is 621 g/mol. The molecule has 1 aliphatic carbocycles. The fourth-order valence-corrected chi connectivity index (χ4v) is 7.24. The molecule has 3 aromatic rings. The third kappa shape index (κ3) is 6.29. The number of halogens is 2. The summed E-state index contributed by atoms with van der Waals surface area (Å²) in [5.41, 5.74) is 3.97. The van der Waals surface area contributed by atoms with E-state index in [1.807, 2.05) is 7.05 Å². The van der Waals surface area contributed by atoms with E-state index in [1.54, 1.807) is 64.3 Å². The molecule has 218 valence electrons. The van der Waals surface area contributed by atoms with E-state index < -0.39 is 40.0 Å².